The second-order valence-electron chi connectivity index (χ2n) is 6.90. The topological polar surface area (TPSA) is 111 Å². The number of allylic oxidation sites excluding steroid dienone is 2. The van der Waals surface area contributed by atoms with Gasteiger partial charge in [-0.25, -0.2) is 0 Å². The number of benzene rings is 2. The van der Waals surface area contributed by atoms with Crippen LogP contribution in [0.5, 0.6) is 0 Å². The number of nitrogens with zero attached hydrogens (tertiary/aromatic N) is 3. The van der Waals surface area contributed by atoms with E-state index in [1.807, 2.05) is 31.2 Å². The number of anilines is 1. The van der Waals surface area contributed by atoms with Crippen LogP contribution in [0.3, 0.4) is 0 Å². The van der Waals surface area contributed by atoms with Crippen LogP contribution in [-0.4, -0.2) is 11.8 Å². The van der Waals surface area contributed by atoms with Crippen molar-refractivity contribution in [1.29, 1.82) is 10.5 Å². The molecule has 2 aromatic carbocycles. The summed E-state index contributed by atoms with van der Waals surface area (Å²) in [7, 11) is 0. The van der Waals surface area contributed by atoms with Crippen molar-refractivity contribution in [3.63, 3.8) is 0 Å². The van der Waals surface area contributed by atoms with Gasteiger partial charge < -0.3 is 5.73 Å². The molecule has 0 fully saturated rings. The fourth-order valence-electron chi connectivity index (χ4n) is 3.76. The Morgan fingerprint density at radius 2 is 1.83 bits per heavy atom. The van der Waals surface area contributed by atoms with Crippen LogP contribution < -0.4 is 10.6 Å². The standard InChI is InChI=1S/C23H20N4O2/c1-3-15-5-4-6-18(11-15)27-14(2)19(13-25)20(21(22(26)28)23(27)29)17-9-7-16(12-24)8-10-17/h4-11,20-21H,3H2,1-2H3,(H2,26,28). The smallest absolute Gasteiger partial charge is 0.244 e. The molecule has 29 heavy (non-hydrogen) atoms. The van der Waals surface area contributed by atoms with Crippen LogP contribution in [0, 0.1) is 28.6 Å². The molecule has 0 aliphatic carbocycles. The van der Waals surface area contributed by atoms with Gasteiger partial charge in [0, 0.05) is 17.3 Å². The monoisotopic (exact) mass is 384 g/mol. The summed E-state index contributed by atoms with van der Waals surface area (Å²) in [4.78, 5) is 27.1. The zero-order chi connectivity index (χ0) is 21.1. The summed E-state index contributed by atoms with van der Waals surface area (Å²) in [6.07, 6.45) is 0.789. The number of amides is 2. The summed E-state index contributed by atoms with van der Waals surface area (Å²) < 4.78 is 0. The molecule has 0 saturated heterocycles. The summed E-state index contributed by atoms with van der Waals surface area (Å²) in [5.74, 6) is -3.26. The predicted octanol–water partition coefficient (Wildman–Crippen LogP) is 3.15. The van der Waals surface area contributed by atoms with E-state index in [1.165, 1.54) is 4.90 Å². The number of rotatable bonds is 4. The average molecular weight is 384 g/mol. The second-order valence-corrected chi connectivity index (χ2v) is 6.90. The van der Waals surface area contributed by atoms with Crippen molar-refractivity contribution in [2.24, 2.45) is 11.7 Å². The van der Waals surface area contributed by atoms with Gasteiger partial charge >= 0.3 is 0 Å². The molecule has 0 aromatic heterocycles. The van der Waals surface area contributed by atoms with Gasteiger partial charge in [0.25, 0.3) is 0 Å². The summed E-state index contributed by atoms with van der Waals surface area (Å²) in [5.41, 5.74) is 9.08. The van der Waals surface area contributed by atoms with Crippen molar-refractivity contribution in [3.8, 4) is 12.1 Å². The Morgan fingerprint density at radius 1 is 1.14 bits per heavy atom. The van der Waals surface area contributed by atoms with Gasteiger partial charge in [0.2, 0.25) is 11.8 Å². The van der Waals surface area contributed by atoms with Crippen LogP contribution in [-0.2, 0) is 16.0 Å². The summed E-state index contributed by atoms with van der Waals surface area (Å²) in [6, 6.07) is 18.2. The molecular formula is C23H20N4O2. The van der Waals surface area contributed by atoms with Crippen LogP contribution in [0.1, 0.15) is 36.5 Å². The highest BCUT2D eigenvalue weighted by molar-refractivity contribution is 6.11. The van der Waals surface area contributed by atoms with Gasteiger partial charge in [-0.15, -0.1) is 0 Å². The molecule has 3 rings (SSSR count). The maximum absolute atomic E-state index is 13.4. The van der Waals surface area contributed by atoms with Gasteiger partial charge in [-0.05, 0) is 48.7 Å². The molecule has 144 valence electrons. The molecule has 1 heterocycles. The molecule has 1 aliphatic rings. The molecule has 0 bridgehead atoms. The molecule has 6 heteroatoms. The molecule has 2 aromatic rings. The normalized spacial score (nSPS) is 18.9. The van der Waals surface area contributed by atoms with E-state index < -0.39 is 23.7 Å². The van der Waals surface area contributed by atoms with Crippen molar-refractivity contribution in [2.45, 2.75) is 26.2 Å². The lowest BCUT2D eigenvalue weighted by Gasteiger charge is -2.37. The minimum absolute atomic E-state index is 0.306. The molecular weight excluding hydrogens is 364 g/mol. The quantitative estimate of drug-likeness (QED) is 0.816. The van der Waals surface area contributed by atoms with Crippen molar-refractivity contribution < 1.29 is 9.59 Å². The van der Waals surface area contributed by atoms with Gasteiger partial charge in [0.05, 0.1) is 23.3 Å². The minimum Gasteiger partial charge on any atom is -0.369 e. The summed E-state index contributed by atoms with van der Waals surface area (Å²) in [5, 5.41) is 18.9. The highest BCUT2D eigenvalue weighted by Crippen LogP contribution is 2.41. The van der Waals surface area contributed by atoms with Crippen molar-refractivity contribution >= 4 is 17.5 Å². The van der Waals surface area contributed by atoms with Crippen LogP contribution in [0.4, 0.5) is 5.69 Å². The van der Waals surface area contributed by atoms with Gasteiger partial charge in [0.15, 0.2) is 0 Å². The first-order valence-electron chi connectivity index (χ1n) is 9.26. The number of primary amides is 1. The predicted molar refractivity (Wildman–Crippen MR) is 108 cm³/mol. The Bertz CT molecular complexity index is 1090. The third kappa shape index (κ3) is 3.49. The summed E-state index contributed by atoms with van der Waals surface area (Å²) >= 11 is 0. The Morgan fingerprint density at radius 3 is 2.38 bits per heavy atom. The molecule has 2 N–H and O–H groups in total. The largest absolute Gasteiger partial charge is 0.369 e. The first kappa shape index (κ1) is 19.9. The lowest BCUT2D eigenvalue weighted by Crippen LogP contribution is -2.48. The fourth-order valence-corrected chi connectivity index (χ4v) is 3.76. The first-order valence-corrected chi connectivity index (χ1v) is 9.26. The first-order chi connectivity index (χ1) is 13.9. The van der Waals surface area contributed by atoms with E-state index in [9.17, 15) is 14.9 Å². The van der Waals surface area contributed by atoms with Crippen LogP contribution in [0.25, 0.3) is 0 Å². The van der Waals surface area contributed by atoms with E-state index in [0.29, 0.717) is 28.1 Å². The van der Waals surface area contributed by atoms with E-state index in [0.717, 1.165) is 12.0 Å². The summed E-state index contributed by atoms with van der Waals surface area (Å²) in [6.45, 7) is 3.70. The van der Waals surface area contributed by atoms with Crippen molar-refractivity contribution in [3.05, 3.63) is 76.5 Å². The highest BCUT2D eigenvalue weighted by Gasteiger charge is 2.45. The SMILES string of the molecule is CCc1cccc(N2C(=O)C(C(N)=O)C(c3ccc(C#N)cc3)C(C#N)=C2C)c1. The second kappa shape index (κ2) is 8.00. The number of nitriles is 2. The van der Waals surface area contributed by atoms with Crippen molar-refractivity contribution in [2.75, 3.05) is 4.90 Å². The van der Waals surface area contributed by atoms with Crippen molar-refractivity contribution in [1.82, 2.24) is 0 Å². The lowest BCUT2D eigenvalue weighted by molar-refractivity contribution is -0.132. The highest BCUT2D eigenvalue weighted by atomic mass is 16.2. The van der Waals surface area contributed by atoms with Crippen LogP contribution in [0.2, 0.25) is 0 Å². The molecule has 1 aliphatic heterocycles. The molecule has 0 spiro atoms. The Labute approximate surface area is 169 Å². The van der Waals surface area contributed by atoms with E-state index >= 15 is 0 Å². The minimum atomic E-state index is -1.22. The third-order valence-electron chi connectivity index (χ3n) is 5.26. The van der Waals surface area contributed by atoms with E-state index in [1.54, 1.807) is 37.3 Å². The maximum atomic E-state index is 13.4. The van der Waals surface area contributed by atoms with E-state index in [4.69, 9.17) is 11.0 Å². The number of nitrogens with two attached hydrogens (primary N) is 1. The molecule has 2 atom stereocenters. The van der Waals surface area contributed by atoms with Gasteiger partial charge in [-0.2, -0.15) is 10.5 Å². The third-order valence-corrected chi connectivity index (χ3v) is 5.26. The zero-order valence-corrected chi connectivity index (χ0v) is 16.2. The number of carbonyl (C=O) groups excluding carboxylic acids is 2. The lowest BCUT2D eigenvalue weighted by atomic mass is 9.76. The number of hydrogen-bond donors (Lipinski definition) is 1. The Balaban J connectivity index is 2.21. The van der Waals surface area contributed by atoms with Crippen LogP contribution in [0.15, 0.2) is 59.8 Å². The molecule has 6 nitrogen and oxygen atoms in total. The number of hydrogen-bond acceptors (Lipinski definition) is 4. The number of aryl methyl sites for hydroxylation is 1. The molecule has 0 saturated carbocycles. The van der Waals surface area contributed by atoms with E-state index in [2.05, 4.69) is 6.07 Å². The zero-order valence-electron chi connectivity index (χ0n) is 16.2. The molecule has 0 radical (unpaired) electrons. The van der Waals surface area contributed by atoms with Crippen LogP contribution >= 0.6 is 0 Å². The number of carbonyl (C=O) groups is 2. The Hall–Kier alpha value is -3.90. The maximum Gasteiger partial charge on any atom is 0.244 e. The van der Waals surface area contributed by atoms with Gasteiger partial charge in [-0.3, -0.25) is 14.5 Å². The van der Waals surface area contributed by atoms with E-state index in [-0.39, 0.29) is 0 Å². The average Bonchev–Trinajstić information content (AvgIpc) is 2.73. The Kier molecular flexibility index (Phi) is 5.47. The van der Waals surface area contributed by atoms with Gasteiger partial charge in [-0.1, -0.05) is 31.2 Å². The molecule has 2 amide bonds. The van der Waals surface area contributed by atoms with Gasteiger partial charge in [0.1, 0.15) is 5.92 Å². The molecule has 2 unspecified atom stereocenters. The fraction of sp³-hybridized carbons (Fsp3) is 0.217.